The number of benzene rings is 1. The van der Waals surface area contributed by atoms with E-state index in [1.54, 1.807) is 47.4 Å². The molecule has 0 aliphatic carbocycles. The van der Waals surface area contributed by atoms with Gasteiger partial charge in [0.1, 0.15) is 5.75 Å². The number of ether oxygens (including phenoxy) is 1. The van der Waals surface area contributed by atoms with E-state index < -0.39 is 6.36 Å². The van der Waals surface area contributed by atoms with Crippen molar-refractivity contribution in [2.75, 3.05) is 0 Å². The van der Waals surface area contributed by atoms with Gasteiger partial charge in [0.15, 0.2) is 5.65 Å². The van der Waals surface area contributed by atoms with Gasteiger partial charge in [-0.2, -0.15) is 5.10 Å². The van der Waals surface area contributed by atoms with Crippen LogP contribution < -0.4 is 4.74 Å². The second-order valence-electron chi connectivity index (χ2n) is 5.45. The summed E-state index contributed by atoms with van der Waals surface area (Å²) in [6.07, 6.45) is 0.285. The second-order valence-corrected chi connectivity index (χ2v) is 5.45. The number of hydrogen-bond acceptors (Lipinski definition) is 4. The van der Waals surface area contributed by atoms with Crippen molar-refractivity contribution >= 4 is 5.65 Å². The van der Waals surface area contributed by atoms with Crippen molar-refractivity contribution in [3.8, 4) is 28.3 Å². The quantitative estimate of drug-likeness (QED) is 0.547. The third-order valence-corrected chi connectivity index (χ3v) is 3.68. The summed E-state index contributed by atoms with van der Waals surface area (Å²) in [7, 11) is 0. The van der Waals surface area contributed by atoms with E-state index in [2.05, 4.69) is 19.8 Å². The summed E-state index contributed by atoms with van der Waals surface area (Å²) in [6, 6.07) is 12.8. The Kier molecular flexibility index (Phi) is 3.80. The van der Waals surface area contributed by atoms with Gasteiger partial charge in [0, 0.05) is 23.5 Å². The zero-order valence-electron chi connectivity index (χ0n) is 13.2. The largest absolute Gasteiger partial charge is 0.573 e. The van der Waals surface area contributed by atoms with Gasteiger partial charge < -0.3 is 4.74 Å². The standard InChI is InChI=1S/C18H11F3N4O/c19-18(20,21)26-14-5-1-3-12(9-14)15-6-7-17-23-11-16(25(17)24-15)13-4-2-8-22-10-13/h1-11H. The van der Waals surface area contributed by atoms with E-state index in [4.69, 9.17) is 0 Å². The number of fused-ring (bicyclic) bond motifs is 1. The molecular weight excluding hydrogens is 345 g/mol. The Labute approximate surface area is 145 Å². The van der Waals surface area contributed by atoms with Gasteiger partial charge in [0.05, 0.1) is 17.6 Å². The van der Waals surface area contributed by atoms with Crippen molar-refractivity contribution in [2.24, 2.45) is 0 Å². The zero-order valence-corrected chi connectivity index (χ0v) is 13.2. The van der Waals surface area contributed by atoms with Gasteiger partial charge >= 0.3 is 6.36 Å². The van der Waals surface area contributed by atoms with Crippen molar-refractivity contribution in [1.82, 2.24) is 19.6 Å². The highest BCUT2D eigenvalue weighted by Crippen LogP contribution is 2.28. The summed E-state index contributed by atoms with van der Waals surface area (Å²) >= 11 is 0. The summed E-state index contributed by atoms with van der Waals surface area (Å²) < 4.78 is 42.9. The lowest BCUT2D eigenvalue weighted by Gasteiger charge is -2.10. The lowest BCUT2D eigenvalue weighted by Crippen LogP contribution is -2.17. The normalized spacial score (nSPS) is 11.7. The number of hydrogen-bond donors (Lipinski definition) is 0. The van der Waals surface area contributed by atoms with Crippen LogP contribution in [0, 0.1) is 0 Å². The fourth-order valence-corrected chi connectivity index (χ4v) is 2.59. The molecule has 0 amide bonds. The lowest BCUT2D eigenvalue weighted by atomic mass is 10.1. The molecule has 0 saturated heterocycles. The van der Waals surface area contributed by atoms with E-state index >= 15 is 0 Å². The summed E-state index contributed by atoms with van der Waals surface area (Å²) in [5.41, 5.74) is 3.18. The van der Waals surface area contributed by atoms with E-state index in [9.17, 15) is 13.2 Å². The van der Waals surface area contributed by atoms with E-state index in [0.29, 0.717) is 16.9 Å². The van der Waals surface area contributed by atoms with Gasteiger partial charge in [-0.15, -0.1) is 13.2 Å². The third kappa shape index (κ3) is 3.21. The molecule has 0 saturated carbocycles. The minimum atomic E-state index is -4.74. The Morgan fingerprint density at radius 2 is 1.77 bits per heavy atom. The predicted molar refractivity (Wildman–Crippen MR) is 88.3 cm³/mol. The number of imidazole rings is 1. The number of halogens is 3. The molecule has 4 aromatic rings. The molecule has 0 N–H and O–H groups in total. The van der Waals surface area contributed by atoms with Crippen molar-refractivity contribution in [3.05, 3.63) is 67.1 Å². The topological polar surface area (TPSA) is 52.3 Å². The van der Waals surface area contributed by atoms with Crippen molar-refractivity contribution in [1.29, 1.82) is 0 Å². The lowest BCUT2D eigenvalue weighted by molar-refractivity contribution is -0.274. The zero-order chi connectivity index (χ0) is 18.1. The van der Waals surface area contributed by atoms with Crippen LogP contribution >= 0.6 is 0 Å². The average Bonchev–Trinajstić information content (AvgIpc) is 3.04. The Hall–Kier alpha value is -3.42. The highest BCUT2D eigenvalue weighted by molar-refractivity contribution is 5.66. The highest BCUT2D eigenvalue weighted by Gasteiger charge is 2.31. The monoisotopic (exact) mass is 356 g/mol. The second kappa shape index (κ2) is 6.14. The molecule has 4 rings (SSSR count). The van der Waals surface area contributed by atoms with Gasteiger partial charge in [-0.25, -0.2) is 9.50 Å². The highest BCUT2D eigenvalue weighted by atomic mass is 19.4. The first kappa shape index (κ1) is 16.1. The van der Waals surface area contributed by atoms with Gasteiger partial charge in [-0.1, -0.05) is 12.1 Å². The van der Waals surface area contributed by atoms with Crippen LogP contribution in [-0.4, -0.2) is 25.9 Å². The minimum Gasteiger partial charge on any atom is -0.406 e. The van der Waals surface area contributed by atoms with Crippen LogP contribution in [0.5, 0.6) is 5.75 Å². The Morgan fingerprint density at radius 3 is 2.54 bits per heavy atom. The van der Waals surface area contributed by atoms with Crippen molar-refractivity contribution in [3.63, 3.8) is 0 Å². The van der Waals surface area contributed by atoms with Crippen LogP contribution in [0.25, 0.3) is 28.2 Å². The first-order chi connectivity index (χ1) is 12.5. The molecule has 3 heterocycles. The summed E-state index contributed by atoms with van der Waals surface area (Å²) in [5, 5.41) is 4.51. The van der Waals surface area contributed by atoms with Gasteiger partial charge in [0.2, 0.25) is 0 Å². The Morgan fingerprint density at radius 1 is 0.923 bits per heavy atom. The molecule has 3 aromatic heterocycles. The molecule has 26 heavy (non-hydrogen) atoms. The molecule has 0 radical (unpaired) electrons. The Bertz CT molecular complexity index is 1060. The van der Waals surface area contributed by atoms with E-state index in [-0.39, 0.29) is 5.75 Å². The van der Waals surface area contributed by atoms with Gasteiger partial charge in [-0.05, 0) is 36.4 Å². The van der Waals surface area contributed by atoms with Crippen LogP contribution in [0.4, 0.5) is 13.2 Å². The number of rotatable bonds is 3. The molecule has 130 valence electrons. The maximum atomic E-state index is 12.4. The fraction of sp³-hybridized carbons (Fsp3) is 0.0556. The number of pyridine rings is 1. The Balaban J connectivity index is 1.77. The SMILES string of the molecule is FC(F)(F)Oc1cccc(-c2ccc3ncc(-c4cccnc4)n3n2)c1. The number of nitrogens with zero attached hydrogens (tertiary/aromatic N) is 4. The van der Waals surface area contributed by atoms with Crippen LogP contribution in [0.15, 0.2) is 67.1 Å². The predicted octanol–water partition coefficient (Wildman–Crippen LogP) is 4.36. The molecule has 5 nitrogen and oxygen atoms in total. The average molecular weight is 356 g/mol. The molecule has 0 atom stereocenters. The molecule has 0 bridgehead atoms. The first-order valence-corrected chi connectivity index (χ1v) is 7.61. The number of aromatic nitrogens is 4. The first-order valence-electron chi connectivity index (χ1n) is 7.61. The maximum Gasteiger partial charge on any atom is 0.573 e. The molecule has 0 fully saturated rings. The van der Waals surface area contributed by atoms with E-state index in [0.717, 1.165) is 11.3 Å². The van der Waals surface area contributed by atoms with Gasteiger partial charge in [0.25, 0.3) is 0 Å². The van der Waals surface area contributed by atoms with E-state index in [1.807, 2.05) is 6.07 Å². The van der Waals surface area contributed by atoms with Crippen LogP contribution in [0.3, 0.4) is 0 Å². The van der Waals surface area contributed by atoms with E-state index in [1.165, 1.54) is 18.2 Å². The minimum absolute atomic E-state index is 0.296. The van der Waals surface area contributed by atoms with Crippen LogP contribution in [0.2, 0.25) is 0 Å². The van der Waals surface area contributed by atoms with Gasteiger partial charge in [-0.3, -0.25) is 4.98 Å². The third-order valence-electron chi connectivity index (χ3n) is 3.68. The molecule has 8 heteroatoms. The summed E-state index contributed by atoms with van der Waals surface area (Å²) in [4.78, 5) is 8.38. The maximum absolute atomic E-state index is 12.4. The molecule has 1 aromatic carbocycles. The molecule has 0 spiro atoms. The van der Waals surface area contributed by atoms with Crippen molar-refractivity contribution < 1.29 is 17.9 Å². The summed E-state index contributed by atoms with van der Waals surface area (Å²) in [5.74, 6) is -0.296. The smallest absolute Gasteiger partial charge is 0.406 e. The summed E-state index contributed by atoms with van der Waals surface area (Å²) in [6.45, 7) is 0. The fourth-order valence-electron chi connectivity index (χ4n) is 2.59. The molecule has 0 aliphatic rings. The van der Waals surface area contributed by atoms with Crippen LogP contribution in [-0.2, 0) is 0 Å². The number of alkyl halides is 3. The molecule has 0 unspecified atom stereocenters. The van der Waals surface area contributed by atoms with Crippen molar-refractivity contribution in [2.45, 2.75) is 6.36 Å². The molecule has 0 aliphatic heterocycles. The van der Waals surface area contributed by atoms with Crippen LogP contribution in [0.1, 0.15) is 0 Å². The molecular formula is C18H11F3N4O.